The van der Waals surface area contributed by atoms with Crippen molar-refractivity contribution >= 4 is 21.9 Å². The molecule has 0 rings (SSSR count). The van der Waals surface area contributed by atoms with Crippen molar-refractivity contribution in [2.75, 3.05) is 11.9 Å². The third-order valence-corrected chi connectivity index (χ3v) is 0.453. The second-order valence-electron chi connectivity index (χ2n) is 1.22. The fraction of sp³-hybridized carbons (Fsp3) is 0.571. The summed E-state index contributed by atoms with van der Waals surface area (Å²) >= 11 is 3.15. The van der Waals surface area contributed by atoms with Gasteiger partial charge in [0, 0.05) is 11.4 Å². The number of carbonyl (C=O) groups excluding carboxylic acids is 1. The molecule has 0 saturated heterocycles. The number of carbonyl (C=O) groups is 1. The van der Waals surface area contributed by atoms with E-state index < -0.39 is 0 Å². The van der Waals surface area contributed by atoms with Gasteiger partial charge in [0.2, 0.25) is 0 Å². The topological polar surface area (TPSA) is 26.3 Å². The van der Waals surface area contributed by atoms with Crippen LogP contribution in [0.15, 0.2) is 12.7 Å². The van der Waals surface area contributed by atoms with Gasteiger partial charge >= 0.3 is 5.97 Å². The van der Waals surface area contributed by atoms with Gasteiger partial charge in [-0.05, 0) is 6.92 Å². The highest BCUT2D eigenvalue weighted by Crippen LogP contribution is 1.74. The molecule has 0 heterocycles. The largest absolute Gasteiger partial charge is 0.463 e. The first kappa shape index (κ1) is 12.4. The van der Waals surface area contributed by atoms with Crippen molar-refractivity contribution in [1.82, 2.24) is 0 Å². The Morgan fingerprint density at radius 1 is 1.70 bits per heavy atom. The van der Waals surface area contributed by atoms with Gasteiger partial charge in [0.25, 0.3) is 0 Å². The molecule has 0 atom stereocenters. The van der Waals surface area contributed by atoms with Crippen LogP contribution in [-0.4, -0.2) is 17.9 Å². The fourth-order valence-corrected chi connectivity index (χ4v) is 0.201. The lowest BCUT2D eigenvalue weighted by Crippen LogP contribution is -1.97. The van der Waals surface area contributed by atoms with Crippen LogP contribution in [0.25, 0.3) is 0 Å². The highest BCUT2D eigenvalue weighted by molar-refractivity contribution is 9.09. The summed E-state index contributed by atoms with van der Waals surface area (Å²) in [4.78, 5) is 10.1. The van der Waals surface area contributed by atoms with Crippen molar-refractivity contribution in [3.63, 3.8) is 0 Å². The molecule has 0 fully saturated rings. The number of alkyl halides is 1. The van der Waals surface area contributed by atoms with E-state index in [4.69, 9.17) is 0 Å². The van der Waals surface area contributed by atoms with E-state index in [1.165, 1.54) is 0 Å². The molecule has 0 N–H and O–H groups in total. The maximum Gasteiger partial charge on any atom is 0.330 e. The summed E-state index contributed by atoms with van der Waals surface area (Å²) in [6.45, 7) is 7.42. The Balaban J connectivity index is 0. The van der Waals surface area contributed by atoms with Crippen molar-refractivity contribution in [2.45, 2.75) is 13.8 Å². The number of esters is 1. The monoisotopic (exact) mass is 208 g/mol. The average Bonchev–Trinajstić information content (AvgIpc) is 1.90. The molecule has 0 aliphatic carbocycles. The van der Waals surface area contributed by atoms with E-state index in [2.05, 4.69) is 27.2 Å². The van der Waals surface area contributed by atoms with Gasteiger partial charge in [0.05, 0.1) is 6.61 Å². The zero-order chi connectivity index (χ0) is 8.41. The van der Waals surface area contributed by atoms with Gasteiger partial charge in [-0.15, -0.1) is 0 Å². The van der Waals surface area contributed by atoms with E-state index in [1.807, 2.05) is 6.92 Å². The molecule has 0 unspecified atom stereocenters. The Kier molecular flexibility index (Phi) is 14.2. The molecule has 0 aliphatic rings. The maximum absolute atomic E-state index is 10.1. The minimum atomic E-state index is -0.359. The van der Waals surface area contributed by atoms with Crippen molar-refractivity contribution in [1.29, 1.82) is 0 Å². The van der Waals surface area contributed by atoms with Crippen LogP contribution in [0.2, 0.25) is 0 Å². The van der Waals surface area contributed by atoms with E-state index in [1.54, 1.807) is 6.92 Å². The van der Waals surface area contributed by atoms with E-state index in [9.17, 15) is 4.79 Å². The minimum Gasteiger partial charge on any atom is -0.463 e. The van der Waals surface area contributed by atoms with Crippen LogP contribution in [0.3, 0.4) is 0 Å². The smallest absolute Gasteiger partial charge is 0.330 e. The molecule has 0 spiro atoms. The Morgan fingerprint density at radius 2 is 2.10 bits per heavy atom. The molecule has 0 radical (unpaired) electrons. The van der Waals surface area contributed by atoms with Crippen LogP contribution in [0.4, 0.5) is 0 Å². The maximum atomic E-state index is 10.1. The molecule has 60 valence electrons. The summed E-state index contributed by atoms with van der Waals surface area (Å²) in [6, 6.07) is 0. The molecule has 0 aromatic heterocycles. The van der Waals surface area contributed by atoms with Gasteiger partial charge in [-0.25, -0.2) is 4.79 Å². The summed E-state index contributed by atoms with van der Waals surface area (Å²) in [7, 11) is 0. The van der Waals surface area contributed by atoms with E-state index in [0.717, 1.165) is 11.4 Å². The predicted molar refractivity (Wildman–Crippen MR) is 46.3 cm³/mol. The van der Waals surface area contributed by atoms with E-state index >= 15 is 0 Å². The van der Waals surface area contributed by atoms with Gasteiger partial charge in [0.1, 0.15) is 0 Å². The molecule has 10 heavy (non-hydrogen) atoms. The van der Waals surface area contributed by atoms with Crippen LogP contribution < -0.4 is 0 Å². The molecule has 0 bridgehead atoms. The molecule has 2 nitrogen and oxygen atoms in total. The number of ether oxygens (including phenoxy) is 1. The summed E-state index contributed by atoms with van der Waals surface area (Å²) in [5, 5.41) is 1.06. The number of halogens is 1. The summed E-state index contributed by atoms with van der Waals surface area (Å²) < 4.78 is 4.43. The van der Waals surface area contributed by atoms with Crippen LogP contribution in [0.1, 0.15) is 13.8 Å². The molecule has 0 aliphatic heterocycles. The van der Waals surface area contributed by atoms with Gasteiger partial charge in [0.15, 0.2) is 0 Å². The SMILES string of the molecule is C=CC(=O)OCC.CCBr. The molecular formula is C7H13BrO2. The highest BCUT2D eigenvalue weighted by atomic mass is 79.9. The first-order valence-electron chi connectivity index (χ1n) is 3.08. The van der Waals surface area contributed by atoms with Crippen LogP contribution in [0.5, 0.6) is 0 Å². The minimum absolute atomic E-state index is 0.359. The Hall–Kier alpha value is -0.310. The fourth-order valence-electron chi connectivity index (χ4n) is 0.201. The number of rotatable bonds is 2. The summed E-state index contributed by atoms with van der Waals surface area (Å²) in [6.07, 6.45) is 1.14. The van der Waals surface area contributed by atoms with E-state index in [-0.39, 0.29) is 5.97 Å². The van der Waals surface area contributed by atoms with Gasteiger partial charge in [-0.1, -0.05) is 29.4 Å². The Bertz CT molecular complexity index is 91.6. The van der Waals surface area contributed by atoms with Crippen LogP contribution in [0, 0.1) is 0 Å². The molecular weight excluding hydrogens is 196 g/mol. The highest BCUT2D eigenvalue weighted by Gasteiger charge is 1.86. The normalized spacial score (nSPS) is 7.10. The van der Waals surface area contributed by atoms with Gasteiger partial charge in [-0.3, -0.25) is 0 Å². The number of hydrogen-bond acceptors (Lipinski definition) is 2. The third kappa shape index (κ3) is 15.6. The van der Waals surface area contributed by atoms with Crippen LogP contribution in [-0.2, 0) is 9.53 Å². The number of hydrogen-bond donors (Lipinski definition) is 0. The summed E-state index contributed by atoms with van der Waals surface area (Å²) in [5.74, 6) is -0.359. The Morgan fingerprint density at radius 3 is 2.20 bits per heavy atom. The van der Waals surface area contributed by atoms with Crippen molar-refractivity contribution in [2.24, 2.45) is 0 Å². The lowest BCUT2D eigenvalue weighted by molar-refractivity contribution is -0.137. The van der Waals surface area contributed by atoms with Gasteiger partial charge in [-0.2, -0.15) is 0 Å². The predicted octanol–water partition coefficient (Wildman–Crippen LogP) is 2.14. The van der Waals surface area contributed by atoms with Crippen molar-refractivity contribution in [3.05, 3.63) is 12.7 Å². The standard InChI is InChI=1S/C5H8O2.C2H5Br/c1-3-5(6)7-4-2;1-2-3/h3H,1,4H2,2H3;2H2,1H3. The Labute approximate surface area is 70.4 Å². The lowest BCUT2D eigenvalue weighted by Gasteiger charge is -1.90. The first-order chi connectivity index (χ1) is 4.72. The molecule has 0 aromatic carbocycles. The average molecular weight is 209 g/mol. The lowest BCUT2D eigenvalue weighted by atomic mass is 10.6. The molecule has 3 heteroatoms. The molecule has 0 aromatic rings. The second kappa shape index (κ2) is 11.5. The van der Waals surface area contributed by atoms with Crippen molar-refractivity contribution in [3.8, 4) is 0 Å². The zero-order valence-corrected chi connectivity index (χ0v) is 7.98. The molecule has 0 amide bonds. The first-order valence-corrected chi connectivity index (χ1v) is 4.20. The second-order valence-corrected chi connectivity index (χ2v) is 2.34. The third-order valence-electron chi connectivity index (χ3n) is 0.453. The van der Waals surface area contributed by atoms with Gasteiger partial charge < -0.3 is 4.74 Å². The molecule has 0 saturated carbocycles. The zero-order valence-electron chi connectivity index (χ0n) is 6.39. The summed E-state index contributed by atoms with van der Waals surface area (Å²) in [5.41, 5.74) is 0. The van der Waals surface area contributed by atoms with Crippen LogP contribution >= 0.6 is 15.9 Å². The van der Waals surface area contributed by atoms with E-state index in [0.29, 0.717) is 6.61 Å². The van der Waals surface area contributed by atoms with Crippen molar-refractivity contribution < 1.29 is 9.53 Å². The quantitative estimate of drug-likeness (QED) is 0.395.